The first kappa shape index (κ1) is 10.9. The lowest BCUT2D eigenvalue weighted by Gasteiger charge is -2.26. The largest absolute Gasteiger partial charge is 0.373 e. The molecule has 2 rings (SSSR count). The van der Waals surface area contributed by atoms with Gasteiger partial charge in [0.1, 0.15) is 0 Å². The van der Waals surface area contributed by atoms with Gasteiger partial charge in [0.2, 0.25) is 5.91 Å². The van der Waals surface area contributed by atoms with Gasteiger partial charge in [0.05, 0.1) is 12.2 Å². The molecule has 0 aliphatic carbocycles. The van der Waals surface area contributed by atoms with E-state index in [1.807, 2.05) is 25.7 Å². The first-order valence-corrected chi connectivity index (χ1v) is 5.83. The molecular weight excluding hydrogens is 190 g/mol. The van der Waals surface area contributed by atoms with E-state index in [1.54, 1.807) is 0 Å². The topological polar surface area (TPSA) is 29.5 Å². The fraction of sp³-hybridized carbons (Fsp3) is 0.917. The Balaban J connectivity index is 1.98. The minimum Gasteiger partial charge on any atom is -0.373 e. The maximum Gasteiger partial charge on any atom is 0.228 e. The van der Waals surface area contributed by atoms with Crippen molar-refractivity contribution < 1.29 is 9.53 Å². The summed E-state index contributed by atoms with van der Waals surface area (Å²) in [5.74, 6) is 0.833. The Morgan fingerprint density at radius 1 is 1.33 bits per heavy atom. The molecular formula is C12H21NO2. The van der Waals surface area contributed by atoms with Crippen LogP contribution in [0.25, 0.3) is 0 Å². The molecule has 0 radical (unpaired) electrons. The summed E-state index contributed by atoms with van der Waals surface area (Å²) >= 11 is 0. The van der Waals surface area contributed by atoms with Crippen molar-refractivity contribution in [3.05, 3.63) is 0 Å². The predicted molar refractivity (Wildman–Crippen MR) is 58.5 cm³/mol. The predicted octanol–water partition coefficient (Wildman–Crippen LogP) is 1.67. The Labute approximate surface area is 91.8 Å². The first-order valence-electron chi connectivity index (χ1n) is 5.83. The summed E-state index contributed by atoms with van der Waals surface area (Å²) < 4.78 is 5.78. The molecule has 0 unspecified atom stereocenters. The lowest BCUT2D eigenvalue weighted by Crippen LogP contribution is -2.39. The number of ether oxygens (including phenoxy) is 1. The van der Waals surface area contributed by atoms with Crippen molar-refractivity contribution in [2.24, 2.45) is 11.3 Å². The number of rotatable bonds is 0. The molecule has 3 heteroatoms. The van der Waals surface area contributed by atoms with E-state index in [1.165, 1.54) is 0 Å². The highest BCUT2D eigenvalue weighted by Crippen LogP contribution is 2.34. The van der Waals surface area contributed by atoms with E-state index in [0.717, 1.165) is 19.5 Å². The van der Waals surface area contributed by atoms with Crippen LogP contribution in [-0.2, 0) is 9.53 Å². The van der Waals surface area contributed by atoms with Crippen LogP contribution in [0.15, 0.2) is 0 Å². The van der Waals surface area contributed by atoms with Gasteiger partial charge in [-0.15, -0.1) is 0 Å². The number of hydrogen-bond donors (Lipinski definition) is 0. The van der Waals surface area contributed by atoms with Crippen LogP contribution in [-0.4, -0.2) is 36.1 Å². The summed E-state index contributed by atoms with van der Waals surface area (Å²) in [5.41, 5.74) is -0.260. The van der Waals surface area contributed by atoms with Gasteiger partial charge in [-0.2, -0.15) is 0 Å². The van der Waals surface area contributed by atoms with Crippen LogP contribution >= 0.6 is 0 Å². The molecule has 0 spiro atoms. The van der Waals surface area contributed by atoms with Crippen LogP contribution in [0.2, 0.25) is 0 Å². The van der Waals surface area contributed by atoms with E-state index < -0.39 is 0 Å². The van der Waals surface area contributed by atoms with E-state index in [0.29, 0.717) is 18.1 Å². The monoisotopic (exact) mass is 211 g/mol. The Hall–Kier alpha value is -0.570. The Morgan fingerprint density at radius 2 is 2.00 bits per heavy atom. The third kappa shape index (κ3) is 2.03. The highest BCUT2D eigenvalue weighted by Gasteiger charge is 2.43. The maximum atomic E-state index is 12.0. The Morgan fingerprint density at radius 3 is 2.53 bits per heavy atom. The van der Waals surface area contributed by atoms with E-state index in [9.17, 15) is 4.79 Å². The van der Waals surface area contributed by atoms with Gasteiger partial charge in [-0.05, 0) is 13.3 Å². The normalized spacial score (nSPS) is 35.7. The summed E-state index contributed by atoms with van der Waals surface area (Å²) in [4.78, 5) is 14.0. The molecule has 2 fully saturated rings. The molecule has 3 nitrogen and oxygen atoms in total. The smallest absolute Gasteiger partial charge is 0.228 e. The third-order valence-corrected chi connectivity index (χ3v) is 3.35. The Bertz CT molecular complexity index is 255. The number of amides is 1. The standard InChI is InChI=1S/C12H21NO2/c1-8-5-9-6-13(7-10(9)15-8)11(14)12(2,3)4/h8-10H,5-7H2,1-4H3/t8-,9+,10-/m0/s1. The van der Waals surface area contributed by atoms with Gasteiger partial charge in [0.15, 0.2) is 0 Å². The van der Waals surface area contributed by atoms with E-state index in [-0.39, 0.29) is 11.3 Å². The van der Waals surface area contributed by atoms with E-state index in [2.05, 4.69) is 6.92 Å². The van der Waals surface area contributed by atoms with E-state index >= 15 is 0 Å². The second-order valence-corrected chi connectivity index (χ2v) is 5.94. The summed E-state index contributed by atoms with van der Waals surface area (Å²) in [5, 5.41) is 0. The van der Waals surface area contributed by atoms with Crippen LogP contribution in [0.3, 0.4) is 0 Å². The van der Waals surface area contributed by atoms with Gasteiger partial charge >= 0.3 is 0 Å². The van der Waals surface area contributed by atoms with Crippen molar-refractivity contribution in [3.8, 4) is 0 Å². The maximum absolute atomic E-state index is 12.0. The van der Waals surface area contributed by atoms with Gasteiger partial charge in [0.25, 0.3) is 0 Å². The second-order valence-electron chi connectivity index (χ2n) is 5.94. The number of carbonyl (C=O) groups excluding carboxylic acids is 1. The zero-order valence-electron chi connectivity index (χ0n) is 10.1. The van der Waals surface area contributed by atoms with E-state index in [4.69, 9.17) is 4.74 Å². The molecule has 2 heterocycles. The van der Waals surface area contributed by atoms with Crippen LogP contribution in [0.1, 0.15) is 34.1 Å². The van der Waals surface area contributed by atoms with Gasteiger partial charge in [-0.3, -0.25) is 4.79 Å². The molecule has 2 aliphatic heterocycles. The molecule has 1 amide bonds. The number of carbonyl (C=O) groups is 1. The zero-order valence-corrected chi connectivity index (χ0v) is 10.1. The average molecular weight is 211 g/mol. The summed E-state index contributed by atoms with van der Waals surface area (Å²) in [6, 6.07) is 0. The van der Waals surface area contributed by atoms with Crippen molar-refractivity contribution in [2.75, 3.05) is 13.1 Å². The number of nitrogens with zero attached hydrogens (tertiary/aromatic N) is 1. The first-order chi connectivity index (χ1) is 6.88. The number of fused-ring (bicyclic) bond motifs is 1. The third-order valence-electron chi connectivity index (χ3n) is 3.35. The van der Waals surface area contributed by atoms with Gasteiger partial charge < -0.3 is 9.64 Å². The van der Waals surface area contributed by atoms with Crippen molar-refractivity contribution in [2.45, 2.75) is 46.3 Å². The van der Waals surface area contributed by atoms with Crippen molar-refractivity contribution >= 4 is 5.91 Å². The number of likely N-dealkylation sites (tertiary alicyclic amines) is 1. The summed E-state index contributed by atoms with van der Waals surface area (Å²) in [7, 11) is 0. The molecule has 86 valence electrons. The molecule has 2 aliphatic rings. The fourth-order valence-electron chi connectivity index (χ4n) is 2.64. The number of hydrogen-bond acceptors (Lipinski definition) is 2. The molecule has 0 aromatic heterocycles. The van der Waals surface area contributed by atoms with Crippen molar-refractivity contribution in [1.82, 2.24) is 4.90 Å². The minimum atomic E-state index is -0.260. The molecule has 0 aromatic carbocycles. The zero-order chi connectivity index (χ0) is 11.2. The molecule has 0 aromatic rings. The highest BCUT2D eigenvalue weighted by atomic mass is 16.5. The molecule has 0 N–H and O–H groups in total. The van der Waals surface area contributed by atoms with Crippen LogP contribution in [0.5, 0.6) is 0 Å². The molecule has 0 bridgehead atoms. The molecule has 15 heavy (non-hydrogen) atoms. The summed E-state index contributed by atoms with van der Waals surface area (Å²) in [6.45, 7) is 9.75. The van der Waals surface area contributed by atoms with Gasteiger partial charge in [0, 0.05) is 24.4 Å². The lowest BCUT2D eigenvalue weighted by molar-refractivity contribution is -0.139. The van der Waals surface area contributed by atoms with Crippen molar-refractivity contribution in [3.63, 3.8) is 0 Å². The fourth-order valence-corrected chi connectivity index (χ4v) is 2.64. The molecule has 0 saturated carbocycles. The van der Waals surface area contributed by atoms with Gasteiger partial charge in [-0.25, -0.2) is 0 Å². The van der Waals surface area contributed by atoms with Crippen LogP contribution in [0, 0.1) is 11.3 Å². The van der Waals surface area contributed by atoms with Gasteiger partial charge in [-0.1, -0.05) is 20.8 Å². The SMILES string of the molecule is C[C@H]1C[C@@H]2CN(C(=O)C(C)(C)C)C[C@@H]2O1. The Kier molecular flexibility index (Phi) is 2.53. The quantitative estimate of drug-likeness (QED) is 0.610. The van der Waals surface area contributed by atoms with Crippen molar-refractivity contribution in [1.29, 1.82) is 0 Å². The molecule has 3 atom stereocenters. The minimum absolute atomic E-state index is 0.258. The molecule has 2 saturated heterocycles. The summed E-state index contributed by atoms with van der Waals surface area (Å²) in [6.07, 6.45) is 1.79. The highest BCUT2D eigenvalue weighted by molar-refractivity contribution is 5.81. The lowest BCUT2D eigenvalue weighted by atomic mass is 9.95. The van der Waals surface area contributed by atoms with Crippen LogP contribution < -0.4 is 0 Å². The average Bonchev–Trinajstić information content (AvgIpc) is 2.57. The second kappa shape index (κ2) is 3.48. The van der Waals surface area contributed by atoms with Crippen LogP contribution in [0.4, 0.5) is 0 Å².